The Hall–Kier alpha value is -4.75. The molecule has 7 rings (SSSR count). The molecule has 5 aromatic carbocycles. The Morgan fingerprint density at radius 3 is 1.45 bits per heavy atom. The Bertz CT molecular complexity index is 2250. The van der Waals surface area contributed by atoms with E-state index >= 15 is 0 Å². The van der Waals surface area contributed by atoms with E-state index in [-0.39, 0.29) is 17.0 Å². The van der Waals surface area contributed by atoms with Crippen molar-refractivity contribution < 1.29 is 9.05 Å². The lowest BCUT2D eigenvalue weighted by atomic mass is 9.85. The number of quaternary nitrogens is 1. The second-order valence-corrected chi connectivity index (χ2v) is 14.8. The molecule has 0 aliphatic heterocycles. The summed E-state index contributed by atoms with van der Waals surface area (Å²) in [6, 6.07) is 46.3. The van der Waals surface area contributed by atoms with Crippen LogP contribution in [0.2, 0.25) is 0 Å². The summed E-state index contributed by atoms with van der Waals surface area (Å²) in [5, 5.41) is 0. The number of aryl methyl sites for hydroxylation is 3. The molecule has 0 saturated heterocycles. The summed E-state index contributed by atoms with van der Waals surface area (Å²) in [5.41, 5.74) is 16.1. The van der Waals surface area contributed by atoms with Gasteiger partial charge in [0, 0.05) is 23.3 Å². The highest BCUT2D eigenvalue weighted by Crippen LogP contribution is 2.39. The zero-order chi connectivity index (χ0) is 34.7. The molecule has 4 nitrogen and oxygen atoms in total. The van der Waals surface area contributed by atoms with Crippen molar-refractivity contribution in [3.05, 3.63) is 173 Å². The number of rotatable bonds is 10. The van der Waals surface area contributed by atoms with Crippen LogP contribution < -0.4 is 4.57 Å². The Balaban J connectivity index is 0.00000448. The van der Waals surface area contributed by atoms with Crippen molar-refractivity contribution in [2.75, 3.05) is 27.7 Å². The predicted molar refractivity (Wildman–Crippen MR) is 220 cm³/mol. The van der Waals surface area contributed by atoms with Crippen molar-refractivity contribution >= 4 is 50.9 Å². The average Bonchev–Trinajstić information content (AvgIpc) is 3.62. The third kappa shape index (κ3) is 8.26. The molecule has 0 radical (unpaired) electrons. The van der Waals surface area contributed by atoms with Gasteiger partial charge in [-0.25, -0.2) is 4.57 Å². The molecule has 0 aliphatic rings. The quantitative estimate of drug-likeness (QED) is 0.0791. The molecule has 0 unspecified atom stereocenters. The summed E-state index contributed by atoms with van der Waals surface area (Å²) in [6.45, 7) is 6.44. The summed E-state index contributed by atoms with van der Waals surface area (Å²) in [7, 11) is 6.73. The van der Waals surface area contributed by atoms with Crippen LogP contribution in [0.25, 0.3) is 44.4 Å². The highest BCUT2D eigenvalue weighted by molar-refractivity contribution is 8.93. The fourth-order valence-electron chi connectivity index (χ4n) is 6.62. The number of hydrogen-bond acceptors (Lipinski definition) is 3. The first-order chi connectivity index (χ1) is 24.2. The predicted octanol–water partition coefficient (Wildman–Crippen LogP) is 10.6. The van der Waals surface area contributed by atoms with Gasteiger partial charge in [0.15, 0.2) is 18.9 Å². The topological polar surface area (TPSA) is 29.7 Å². The van der Waals surface area contributed by atoms with Gasteiger partial charge in [0.1, 0.15) is 11.0 Å². The Morgan fingerprint density at radius 1 is 0.549 bits per heavy atom. The Morgan fingerprint density at radius 2 is 0.980 bits per heavy atom. The smallest absolute Gasteiger partial charge is 0.169 e. The molecule has 0 saturated carbocycles. The molecule has 256 valence electrons. The third-order valence-corrected chi connectivity index (χ3v) is 9.87. The van der Waals surface area contributed by atoms with Crippen LogP contribution in [-0.4, -0.2) is 40.9 Å². The van der Waals surface area contributed by atoms with Crippen molar-refractivity contribution in [3.63, 3.8) is 0 Å². The summed E-state index contributed by atoms with van der Waals surface area (Å²) in [6.07, 6.45) is 5.51. The molecular formula is C45H45BrN4S+2. The SMILES string of the molecule is Br.Cc1ccc(C(=C(c2ccc(C)cc2)c2ccc(-c3ccc(-c4cc[n+](CCC[N+](C)(C)C)cc4)c4nsnc34)cc2)c2ccccc2)cc1. The van der Waals surface area contributed by atoms with Crippen LogP contribution in [-0.2, 0) is 6.54 Å². The average molecular weight is 754 g/mol. The maximum atomic E-state index is 4.80. The van der Waals surface area contributed by atoms with Crippen molar-refractivity contribution in [2.24, 2.45) is 0 Å². The van der Waals surface area contributed by atoms with Gasteiger partial charge in [-0.2, -0.15) is 8.75 Å². The molecule has 2 heterocycles. The highest BCUT2D eigenvalue weighted by atomic mass is 79.9. The first-order valence-corrected chi connectivity index (χ1v) is 18.1. The molecule has 0 N–H and O–H groups in total. The van der Waals surface area contributed by atoms with Crippen LogP contribution in [0.4, 0.5) is 0 Å². The highest BCUT2D eigenvalue weighted by Gasteiger charge is 2.18. The standard InChI is InChI=1S/C45H44N4S.BrH/c1-32-12-16-37(17-13-32)42(36-10-7-6-8-11-36)43(38-18-14-33(2)15-19-38)39-22-20-34(21-23-39)40-24-25-41(45-44(40)46-50-47-45)35-26-29-48(30-27-35)28-9-31-49(3,4)5;/h6-8,10-27,29-30H,9,28,31H2,1-5H3;1H/q+2;. The molecule has 7 aromatic rings. The molecule has 51 heavy (non-hydrogen) atoms. The summed E-state index contributed by atoms with van der Waals surface area (Å²) in [5.74, 6) is 0. The Labute approximate surface area is 317 Å². The normalized spacial score (nSPS) is 12.0. The van der Waals surface area contributed by atoms with Crippen LogP contribution >= 0.6 is 28.7 Å². The van der Waals surface area contributed by atoms with E-state index in [2.05, 4.69) is 179 Å². The van der Waals surface area contributed by atoms with Gasteiger partial charge in [-0.05, 0) is 58.4 Å². The minimum absolute atomic E-state index is 0. The summed E-state index contributed by atoms with van der Waals surface area (Å²) >= 11 is 1.28. The molecule has 0 fully saturated rings. The van der Waals surface area contributed by atoms with Gasteiger partial charge in [0.2, 0.25) is 0 Å². The van der Waals surface area contributed by atoms with Crippen molar-refractivity contribution in [1.82, 2.24) is 8.75 Å². The molecule has 0 amide bonds. The summed E-state index contributed by atoms with van der Waals surface area (Å²) in [4.78, 5) is 0. The number of nitrogens with zero attached hydrogens (tertiary/aromatic N) is 4. The van der Waals surface area contributed by atoms with Gasteiger partial charge < -0.3 is 4.48 Å². The lowest BCUT2D eigenvalue weighted by Crippen LogP contribution is -2.39. The van der Waals surface area contributed by atoms with Gasteiger partial charge in [-0.1, -0.05) is 126 Å². The third-order valence-electron chi connectivity index (χ3n) is 9.34. The van der Waals surface area contributed by atoms with Gasteiger partial charge in [0.25, 0.3) is 0 Å². The number of pyridine rings is 1. The minimum Gasteiger partial charge on any atom is -0.331 e. The van der Waals surface area contributed by atoms with E-state index in [9.17, 15) is 0 Å². The molecule has 0 atom stereocenters. The van der Waals surface area contributed by atoms with Gasteiger partial charge >= 0.3 is 0 Å². The summed E-state index contributed by atoms with van der Waals surface area (Å²) < 4.78 is 12.8. The van der Waals surface area contributed by atoms with Gasteiger partial charge in [-0.3, -0.25) is 0 Å². The molecular weight excluding hydrogens is 708 g/mol. The maximum Gasteiger partial charge on any atom is 0.169 e. The van der Waals surface area contributed by atoms with Crippen LogP contribution in [0, 0.1) is 13.8 Å². The zero-order valence-electron chi connectivity index (χ0n) is 30.0. The van der Waals surface area contributed by atoms with E-state index in [0.29, 0.717) is 0 Å². The van der Waals surface area contributed by atoms with E-state index in [1.165, 1.54) is 56.3 Å². The Kier molecular flexibility index (Phi) is 11.1. The number of hydrogen-bond donors (Lipinski definition) is 0. The van der Waals surface area contributed by atoms with E-state index in [1.807, 2.05) is 0 Å². The first-order valence-electron chi connectivity index (χ1n) is 17.3. The minimum atomic E-state index is 0. The zero-order valence-corrected chi connectivity index (χ0v) is 32.5. The number of aromatic nitrogens is 3. The monoisotopic (exact) mass is 752 g/mol. The molecule has 2 aromatic heterocycles. The van der Waals surface area contributed by atoms with E-state index in [0.717, 1.165) is 57.3 Å². The fourth-order valence-corrected chi connectivity index (χ4v) is 7.19. The van der Waals surface area contributed by atoms with Crippen molar-refractivity contribution in [2.45, 2.75) is 26.8 Å². The van der Waals surface area contributed by atoms with Crippen molar-refractivity contribution in [1.29, 1.82) is 0 Å². The van der Waals surface area contributed by atoms with Crippen LogP contribution in [0.15, 0.2) is 140 Å². The van der Waals surface area contributed by atoms with Crippen molar-refractivity contribution in [3.8, 4) is 22.3 Å². The lowest BCUT2D eigenvalue weighted by molar-refractivity contribution is -0.873. The second kappa shape index (κ2) is 15.6. The van der Waals surface area contributed by atoms with E-state index in [4.69, 9.17) is 8.75 Å². The first kappa shape index (κ1) is 36.1. The molecule has 0 spiro atoms. The van der Waals surface area contributed by atoms with Gasteiger partial charge in [-0.15, -0.1) is 17.0 Å². The second-order valence-electron chi connectivity index (χ2n) is 14.2. The molecule has 0 aliphatic carbocycles. The largest absolute Gasteiger partial charge is 0.331 e. The number of benzene rings is 5. The molecule has 6 heteroatoms. The van der Waals surface area contributed by atoms with Gasteiger partial charge in [0.05, 0.1) is 45.8 Å². The molecule has 0 bridgehead atoms. The number of halogens is 1. The maximum absolute atomic E-state index is 4.80. The number of fused-ring (bicyclic) bond motifs is 1. The van der Waals surface area contributed by atoms with E-state index in [1.54, 1.807) is 0 Å². The van der Waals surface area contributed by atoms with Crippen LogP contribution in [0.5, 0.6) is 0 Å². The lowest BCUT2D eigenvalue weighted by Gasteiger charge is -2.22. The fraction of sp³-hybridized carbons (Fsp3) is 0.178. The van der Waals surface area contributed by atoms with E-state index < -0.39 is 0 Å². The van der Waals surface area contributed by atoms with Crippen LogP contribution in [0.3, 0.4) is 0 Å². The van der Waals surface area contributed by atoms with Crippen LogP contribution in [0.1, 0.15) is 39.8 Å².